The fraction of sp³-hybridized carbons (Fsp3) is 0.381. The quantitative estimate of drug-likeness (QED) is 0.922. The number of aryl methyl sites for hydroxylation is 2. The van der Waals surface area contributed by atoms with E-state index in [0.717, 1.165) is 44.0 Å². The molecule has 1 aliphatic rings. The Morgan fingerprint density at radius 1 is 1.08 bits per heavy atom. The van der Waals surface area contributed by atoms with E-state index in [4.69, 9.17) is 4.74 Å². The molecular weight excluding hydrogens is 312 g/mol. The maximum atomic E-state index is 12.6. The Hall–Kier alpha value is -2.33. The highest BCUT2D eigenvalue weighted by Gasteiger charge is 2.24. The van der Waals surface area contributed by atoms with Gasteiger partial charge < -0.3 is 14.5 Å². The summed E-state index contributed by atoms with van der Waals surface area (Å²) >= 11 is 0. The van der Waals surface area contributed by atoms with Gasteiger partial charge in [0.2, 0.25) is 0 Å². The zero-order valence-corrected chi connectivity index (χ0v) is 15.3. The van der Waals surface area contributed by atoms with Gasteiger partial charge in [-0.2, -0.15) is 0 Å². The van der Waals surface area contributed by atoms with Gasteiger partial charge in [-0.05, 0) is 43.7 Å². The first-order valence-corrected chi connectivity index (χ1v) is 8.90. The third kappa shape index (κ3) is 4.20. The standard InChI is InChI=1S/C21H26N2O2/c1-16-4-5-19(17(2)14-16)15-22-10-12-23(13-11-22)21(24)18-6-8-20(25-3)9-7-18/h4-9,14H,10-13,15H2,1-3H3/p+1. The van der Waals surface area contributed by atoms with E-state index in [-0.39, 0.29) is 5.91 Å². The van der Waals surface area contributed by atoms with Crippen molar-refractivity contribution >= 4 is 5.91 Å². The molecule has 0 bridgehead atoms. The average Bonchev–Trinajstić information content (AvgIpc) is 2.64. The zero-order chi connectivity index (χ0) is 17.8. The van der Waals surface area contributed by atoms with E-state index < -0.39 is 0 Å². The molecule has 0 unspecified atom stereocenters. The van der Waals surface area contributed by atoms with Crippen molar-refractivity contribution in [3.8, 4) is 5.75 Å². The van der Waals surface area contributed by atoms with Gasteiger partial charge in [-0.1, -0.05) is 23.8 Å². The molecular formula is C21H27N2O2+. The number of nitrogens with one attached hydrogen (secondary N) is 1. The van der Waals surface area contributed by atoms with Gasteiger partial charge >= 0.3 is 0 Å². The average molecular weight is 339 g/mol. The monoisotopic (exact) mass is 339 g/mol. The second-order valence-electron chi connectivity index (χ2n) is 6.88. The molecule has 2 aromatic rings. The van der Waals surface area contributed by atoms with Crippen LogP contribution in [0.15, 0.2) is 42.5 Å². The maximum Gasteiger partial charge on any atom is 0.254 e. The molecule has 0 aromatic heterocycles. The Labute approximate surface area is 150 Å². The number of carbonyl (C=O) groups excluding carboxylic acids is 1. The minimum Gasteiger partial charge on any atom is -0.497 e. The van der Waals surface area contributed by atoms with Crippen LogP contribution in [0.4, 0.5) is 0 Å². The third-order valence-electron chi connectivity index (χ3n) is 5.03. The van der Waals surface area contributed by atoms with Crippen LogP contribution in [-0.2, 0) is 6.54 Å². The molecule has 1 heterocycles. The number of hydrogen-bond donors (Lipinski definition) is 1. The SMILES string of the molecule is COc1ccc(C(=O)N2CC[NH+](Cc3ccc(C)cc3C)CC2)cc1. The normalized spacial score (nSPS) is 15.2. The fourth-order valence-corrected chi connectivity index (χ4v) is 3.43. The summed E-state index contributed by atoms with van der Waals surface area (Å²) in [4.78, 5) is 16.1. The summed E-state index contributed by atoms with van der Waals surface area (Å²) in [5, 5.41) is 0. The Bertz CT molecular complexity index is 732. The fourth-order valence-electron chi connectivity index (χ4n) is 3.43. The van der Waals surface area contributed by atoms with Gasteiger partial charge in [0, 0.05) is 11.1 Å². The molecule has 1 N–H and O–H groups in total. The molecule has 25 heavy (non-hydrogen) atoms. The number of amides is 1. The van der Waals surface area contributed by atoms with Gasteiger partial charge in [-0.3, -0.25) is 4.79 Å². The molecule has 1 saturated heterocycles. The van der Waals surface area contributed by atoms with Gasteiger partial charge in [0.25, 0.3) is 5.91 Å². The van der Waals surface area contributed by atoms with Crippen LogP contribution in [0.3, 0.4) is 0 Å². The van der Waals surface area contributed by atoms with E-state index in [1.165, 1.54) is 16.7 Å². The first kappa shape index (κ1) is 17.5. The summed E-state index contributed by atoms with van der Waals surface area (Å²) < 4.78 is 5.15. The van der Waals surface area contributed by atoms with Gasteiger partial charge in [0.15, 0.2) is 0 Å². The number of carbonyl (C=O) groups is 1. The van der Waals surface area contributed by atoms with E-state index in [1.807, 2.05) is 29.2 Å². The molecule has 2 aromatic carbocycles. The van der Waals surface area contributed by atoms with Gasteiger partial charge in [-0.15, -0.1) is 0 Å². The number of hydrogen-bond acceptors (Lipinski definition) is 2. The van der Waals surface area contributed by atoms with E-state index >= 15 is 0 Å². The molecule has 4 nitrogen and oxygen atoms in total. The molecule has 1 aliphatic heterocycles. The van der Waals surface area contributed by atoms with Crippen molar-refractivity contribution < 1.29 is 14.4 Å². The highest BCUT2D eigenvalue weighted by molar-refractivity contribution is 5.94. The number of rotatable bonds is 4. The van der Waals surface area contributed by atoms with Crippen LogP contribution < -0.4 is 9.64 Å². The maximum absolute atomic E-state index is 12.6. The van der Waals surface area contributed by atoms with E-state index in [1.54, 1.807) is 12.0 Å². The number of nitrogens with zero attached hydrogens (tertiary/aromatic N) is 1. The van der Waals surface area contributed by atoms with Crippen LogP contribution in [0.25, 0.3) is 0 Å². The lowest BCUT2D eigenvalue weighted by molar-refractivity contribution is -0.917. The molecule has 132 valence electrons. The minimum absolute atomic E-state index is 0.119. The van der Waals surface area contributed by atoms with Crippen molar-refractivity contribution in [2.75, 3.05) is 33.3 Å². The third-order valence-corrected chi connectivity index (χ3v) is 5.03. The topological polar surface area (TPSA) is 34.0 Å². The first-order valence-electron chi connectivity index (χ1n) is 8.90. The van der Waals surface area contributed by atoms with E-state index in [9.17, 15) is 4.79 Å². The number of ether oxygens (including phenoxy) is 1. The number of quaternary nitrogens is 1. The van der Waals surface area contributed by atoms with Gasteiger partial charge in [-0.25, -0.2) is 0 Å². The summed E-state index contributed by atoms with van der Waals surface area (Å²) in [7, 11) is 1.63. The highest BCUT2D eigenvalue weighted by Crippen LogP contribution is 2.13. The lowest BCUT2D eigenvalue weighted by Crippen LogP contribution is -3.13. The van der Waals surface area contributed by atoms with Crippen LogP contribution in [-0.4, -0.2) is 44.1 Å². The first-order chi connectivity index (χ1) is 12.1. The zero-order valence-electron chi connectivity index (χ0n) is 15.3. The van der Waals surface area contributed by atoms with Crippen molar-refractivity contribution in [1.29, 1.82) is 0 Å². The smallest absolute Gasteiger partial charge is 0.254 e. The highest BCUT2D eigenvalue weighted by atomic mass is 16.5. The van der Waals surface area contributed by atoms with Crippen molar-refractivity contribution in [3.05, 3.63) is 64.7 Å². The Morgan fingerprint density at radius 2 is 1.76 bits per heavy atom. The summed E-state index contributed by atoms with van der Waals surface area (Å²) in [6.07, 6.45) is 0. The minimum atomic E-state index is 0.119. The van der Waals surface area contributed by atoms with Gasteiger partial charge in [0.05, 0.1) is 33.3 Å². The van der Waals surface area contributed by atoms with Crippen LogP contribution in [0.2, 0.25) is 0 Å². The molecule has 0 spiro atoms. The molecule has 1 amide bonds. The molecule has 0 saturated carbocycles. The summed E-state index contributed by atoms with van der Waals surface area (Å²) in [5.74, 6) is 0.896. The van der Waals surface area contributed by atoms with Crippen molar-refractivity contribution in [1.82, 2.24) is 4.90 Å². The van der Waals surface area contributed by atoms with Crippen LogP contribution in [0.1, 0.15) is 27.0 Å². The predicted octanol–water partition coefficient (Wildman–Crippen LogP) is 1.85. The van der Waals surface area contributed by atoms with Crippen LogP contribution in [0.5, 0.6) is 5.75 Å². The largest absolute Gasteiger partial charge is 0.497 e. The van der Waals surface area contributed by atoms with Crippen molar-refractivity contribution in [3.63, 3.8) is 0 Å². The number of methoxy groups -OCH3 is 1. The number of piperazine rings is 1. The second-order valence-corrected chi connectivity index (χ2v) is 6.88. The Balaban J connectivity index is 1.56. The summed E-state index contributed by atoms with van der Waals surface area (Å²) in [6, 6.07) is 14.0. The molecule has 1 fully saturated rings. The van der Waals surface area contributed by atoms with E-state index in [0.29, 0.717) is 0 Å². The van der Waals surface area contributed by atoms with Crippen molar-refractivity contribution in [2.24, 2.45) is 0 Å². The molecule has 0 atom stereocenters. The molecule has 3 rings (SSSR count). The molecule has 0 radical (unpaired) electrons. The molecule has 0 aliphatic carbocycles. The number of benzene rings is 2. The van der Waals surface area contributed by atoms with E-state index in [2.05, 4.69) is 32.0 Å². The Morgan fingerprint density at radius 3 is 2.36 bits per heavy atom. The lowest BCUT2D eigenvalue weighted by atomic mass is 10.0. The summed E-state index contributed by atoms with van der Waals surface area (Å²) in [6.45, 7) is 8.97. The van der Waals surface area contributed by atoms with Crippen LogP contribution >= 0.6 is 0 Å². The second kappa shape index (κ2) is 7.70. The van der Waals surface area contributed by atoms with Crippen molar-refractivity contribution in [2.45, 2.75) is 20.4 Å². The Kier molecular flexibility index (Phi) is 5.39. The van der Waals surface area contributed by atoms with Crippen LogP contribution in [0, 0.1) is 13.8 Å². The predicted molar refractivity (Wildman–Crippen MR) is 99.2 cm³/mol. The molecule has 4 heteroatoms. The van der Waals surface area contributed by atoms with Gasteiger partial charge in [0.1, 0.15) is 12.3 Å². The summed E-state index contributed by atoms with van der Waals surface area (Å²) in [5.41, 5.74) is 4.82. The lowest BCUT2D eigenvalue weighted by Gasteiger charge is -2.32.